The maximum atomic E-state index is 5.39. The minimum absolute atomic E-state index is 0.283. The van der Waals surface area contributed by atoms with Crippen molar-refractivity contribution >= 4 is 0 Å². The van der Waals surface area contributed by atoms with Gasteiger partial charge in [-0.1, -0.05) is 0 Å². The minimum Gasteiger partial charge on any atom is -0.369 e. The Labute approximate surface area is 55.6 Å². The summed E-state index contributed by atoms with van der Waals surface area (Å²) in [6, 6.07) is 0. The summed E-state index contributed by atoms with van der Waals surface area (Å²) in [4.78, 5) is 0. The maximum Gasteiger partial charge on any atom is 0.0873 e. The van der Waals surface area contributed by atoms with E-state index in [0.717, 1.165) is 13.1 Å². The van der Waals surface area contributed by atoms with Gasteiger partial charge in [-0.15, -0.1) is 0 Å². The summed E-state index contributed by atoms with van der Waals surface area (Å²) < 4.78 is 5.39. The van der Waals surface area contributed by atoms with Crippen LogP contribution in [-0.4, -0.2) is 18.7 Å². The first-order valence-corrected chi connectivity index (χ1v) is 3.62. The predicted octanol–water partition coefficient (Wildman–Crippen LogP) is 0.691. The lowest BCUT2D eigenvalue weighted by Gasteiger charge is -2.44. The molecule has 0 aliphatic carbocycles. The first-order chi connectivity index (χ1) is 4.41. The summed E-state index contributed by atoms with van der Waals surface area (Å²) in [6.07, 6.45) is 3.57. The minimum atomic E-state index is 0.283. The molecule has 1 N–H and O–H groups in total. The van der Waals surface area contributed by atoms with Crippen molar-refractivity contribution in [3.63, 3.8) is 0 Å². The molecule has 51 valence electrons. The lowest BCUT2D eigenvalue weighted by molar-refractivity contribution is -0.115. The Morgan fingerprint density at radius 1 is 1.33 bits per heavy atom. The standard InChI is InChI=1S/C7H12NO/c1-4-8-5-2-7(1)3-6-9-7/h6,8H,1-5H2. The average Bonchev–Trinajstić information content (AvgIpc) is 1.87. The molecule has 9 heavy (non-hydrogen) atoms. The molecule has 1 spiro atoms. The van der Waals surface area contributed by atoms with Crippen molar-refractivity contribution in [2.45, 2.75) is 24.9 Å². The van der Waals surface area contributed by atoms with E-state index < -0.39 is 0 Å². The zero-order valence-electron chi connectivity index (χ0n) is 5.52. The number of nitrogens with one attached hydrogen (secondary N) is 1. The van der Waals surface area contributed by atoms with Crippen LogP contribution in [0.5, 0.6) is 0 Å². The Balaban J connectivity index is 1.93. The molecule has 0 atom stereocenters. The summed E-state index contributed by atoms with van der Waals surface area (Å²) in [5, 5.41) is 3.31. The van der Waals surface area contributed by atoms with Crippen molar-refractivity contribution in [1.29, 1.82) is 0 Å². The van der Waals surface area contributed by atoms with Crippen LogP contribution in [0, 0.1) is 6.61 Å². The molecule has 0 unspecified atom stereocenters. The smallest absolute Gasteiger partial charge is 0.0873 e. The number of rotatable bonds is 0. The summed E-state index contributed by atoms with van der Waals surface area (Å²) in [6.45, 7) is 4.19. The SMILES string of the molecule is [CH]1CC2(CCNCC2)O1. The fourth-order valence-electron chi connectivity index (χ4n) is 1.52. The Bertz CT molecular complexity index is 101. The van der Waals surface area contributed by atoms with Gasteiger partial charge < -0.3 is 10.1 Å². The summed E-state index contributed by atoms with van der Waals surface area (Å²) in [5.41, 5.74) is 0.283. The third-order valence-electron chi connectivity index (χ3n) is 2.30. The van der Waals surface area contributed by atoms with E-state index in [-0.39, 0.29) is 5.60 Å². The summed E-state index contributed by atoms with van der Waals surface area (Å²) in [7, 11) is 0. The largest absolute Gasteiger partial charge is 0.369 e. The van der Waals surface area contributed by atoms with E-state index in [9.17, 15) is 0 Å². The highest BCUT2D eigenvalue weighted by Crippen LogP contribution is 2.37. The Morgan fingerprint density at radius 3 is 2.33 bits per heavy atom. The molecule has 0 saturated carbocycles. The Morgan fingerprint density at radius 2 is 2.00 bits per heavy atom. The van der Waals surface area contributed by atoms with Gasteiger partial charge in [-0.05, 0) is 25.9 Å². The summed E-state index contributed by atoms with van der Waals surface area (Å²) >= 11 is 0. The van der Waals surface area contributed by atoms with Gasteiger partial charge in [0, 0.05) is 6.42 Å². The normalized spacial score (nSPS) is 32.0. The van der Waals surface area contributed by atoms with Crippen LogP contribution in [0.4, 0.5) is 0 Å². The molecule has 2 aliphatic rings. The summed E-state index contributed by atoms with van der Waals surface area (Å²) in [5.74, 6) is 0. The molecule has 2 aliphatic heterocycles. The molecule has 2 nitrogen and oxygen atoms in total. The van der Waals surface area contributed by atoms with Crippen LogP contribution in [0.25, 0.3) is 0 Å². The number of hydrogen-bond acceptors (Lipinski definition) is 2. The highest BCUT2D eigenvalue weighted by molar-refractivity contribution is 4.96. The van der Waals surface area contributed by atoms with Crippen LogP contribution in [0.15, 0.2) is 0 Å². The van der Waals surface area contributed by atoms with Crippen molar-refractivity contribution < 1.29 is 4.74 Å². The molecule has 2 saturated heterocycles. The molecule has 0 aromatic rings. The average molecular weight is 126 g/mol. The molecule has 2 heteroatoms. The zero-order valence-corrected chi connectivity index (χ0v) is 5.52. The van der Waals surface area contributed by atoms with Gasteiger partial charge in [0.1, 0.15) is 0 Å². The van der Waals surface area contributed by atoms with Crippen molar-refractivity contribution in [3.8, 4) is 0 Å². The first-order valence-electron chi connectivity index (χ1n) is 3.62. The van der Waals surface area contributed by atoms with Gasteiger partial charge in [0.15, 0.2) is 0 Å². The first kappa shape index (κ1) is 5.69. The van der Waals surface area contributed by atoms with Crippen LogP contribution in [0.2, 0.25) is 0 Å². The Kier molecular flexibility index (Phi) is 1.24. The zero-order chi connectivity index (χ0) is 6.16. The van der Waals surface area contributed by atoms with Crippen LogP contribution < -0.4 is 5.32 Å². The topological polar surface area (TPSA) is 21.3 Å². The molecule has 0 amide bonds. The van der Waals surface area contributed by atoms with Gasteiger partial charge in [-0.2, -0.15) is 0 Å². The van der Waals surface area contributed by atoms with E-state index in [1.807, 2.05) is 6.61 Å². The van der Waals surface area contributed by atoms with Crippen LogP contribution in [0.3, 0.4) is 0 Å². The van der Waals surface area contributed by atoms with Gasteiger partial charge in [-0.3, -0.25) is 0 Å². The van der Waals surface area contributed by atoms with E-state index in [4.69, 9.17) is 4.74 Å². The van der Waals surface area contributed by atoms with E-state index in [0.29, 0.717) is 0 Å². The monoisotopic (exact) mass is 126 g/mol. The second kappa shape index (κ2) is 1.96. The molecule has 2 heterocycles. The molecule has 0 bridgehead atoms. The second-order valence-corrected chi connectivity index (χ2v) is 2.92. The van der Waals surface area contributed by atoms with Gasteiger partial charge >= 0.3 is 0 Å². The molecule has 2 rings (SSSR count). The van der Waals surface area contributed by atoms with Crippen molar-refractivity contribution in [2.24, 2.45) is 0 Å². The van der Waals surface area contributed by atoms with Crippen LogP contribution in [-0.2, 0) is 4.74 Å². The fraction of sp³-hybridized carbons (Fsp3) is 0.857. The molecular formula is C7H12NO. The second-order valence-electron chi connectivity index (χ2n) is 2.92. The van der Waals surface area contributed by atoms with Crippen molar-refractivity contribution in [2.75, 3.05) is 13.1 Å². The van der Waals surface area contributed by atoms with E-state index in [1.54, 1.807) is 0 Å². The van der Waals surface area contributed by atoms with Gasteiger partial charge in [0.2, 0.25) is 0 Å². The molecule has 1 radical (unpaired) electrons. The quantitative estimate of drug-likeness (QED) is 0.515. The highest BCUT2D eigenvalue weighted by Gasteiger charge is 2.39. The lowest BCUT2D eigenvalue weighted by atomic mass is 9.85. The third kappa shape index (κ3) is 0.864. The van der Waals surface area contributed by atoms with Gasteiger partial charge in [0.05, 0.1) is 12.2 Å². The molecule has 0 aromatic carbocycles. The molecular weight excluding hydrogens is 114 g/mol. The highest BCUT2D eigenvalue weighted by atomic mass is 16.5. The van der Waals surface area contributed by atoms with Gasteiger partial charge in [-0.25, -0.2) is 0 Å². The predicted molar refractivity (Wildman–Crippen MR) is 34.8 cm³/mol. The van der Waals surface area contributed by atoms with E-state index >= 15 is 0 Å². The third-order valence-corrected chi connectivity index (χ3v) is 2.30. The fourth-order valence-corrected chi connectivity index (χ4v) is 1.52. The Hall–Kier alpha value is -0.0800. The number of piperidine rings is 1. The number of hydrogen-bond donors (Lipinski definition) is 1. The molecule has 0 aromatic heterocycles. The van der Waals surface area contributed by atoms with Gasteiger partial charge in [0.25, 0.3) is 0 Å². The van der Waals surface area contributed by atoms with E-state index in [2.05, 4.69) is 5.32 Å². The van der Waals surface area contributed by atoms with Crippen LogP contribution in [0.1, 0.15) is 19.3 Å². The van der Waals surface area contributed by atoms with E-state index in [1.165, 1.54) is 19.3 Å². The lowest BCUT2D eigenvalue weighted by Crippen LogP contribution is -2.48. The molecule has 2 fully saturated rings. The van der Waals surface area contributed by atoms with Crippen molar-refractivity contribution in [3.05, 3.63) is 6.61 Å². The maximum absolute atomic E-state index is 5.39. The van der Waals surface area contributed by atoms with Crippen molar-refractivity contribution in [1.82, 2.24) is 5.32 Å². The number of ether oxygens (including phenoxy) is 1. The van der Waals surface area contributed by atoms with Crippen LogP contribution >= 0.6 is 0 Å².